The molecule has 2 aromatic carbocycles. The molecule has 1 aliphatic rings. The van der Waals surface area contributed by atoms with Gasteiger partial charge in [0.1, 0.15) is 0 Å². The fourth-order valence-corrected chi connectivity index (χ4v) is 3.17. The number of aromatic nitrogens is 1. The number of rotatable bonds is 3. The summed E-state index contributed by atoms with van der Waals surface area (Å²) in [7, 11) is 3.29. The Balaban J connectivity index is 1.89. The lowest BCUT2D eigenvalue weighted by Crippen LogP contribution is -1.91. The summed E-state index contributed by atoms with van der Waals surface area (Å²) >= 11 is 0. The van der Waals surface area contributed by atoms with Gasteiger partial charge in [-0.1, -0.05) is 36.4 Å². The summed E-state index contributed by atoms with van der Waals surface area (Å²) in [5.41, 5.74) is 6.82. The molecule has 0 atom stereocenters. The maximum absolute atomic E-state index is 5.41. The van der Waals surface area contributed by atoms with Gasteiger partial charge >= 0.3 is 0 Å². The summed E-state index contributed by atoms with van der Waals surface area (Å²) in [5, 5.41) is 0. The van der Waals surface area contributed by atoms with Crippen LogP contribution in [-0.4, -0.2) is 19.2 Å². The van der Waals surface area contributed by atoms with E-state index in [4.69, 9.17) is 9.47 Å². The molecule has 0 bridgehead atoms. The Morgan fingerprint density at radius 3 is 2.33 bits per heavy atom. The molecule has 1 aromatic heterocycles. The molecule has 1 heterocycles. The summed E-state index contributed by atoms with van der Waals surface area (Å²) in [6.07, 6.45) is 3.99. The topological polar surface area (TPSA) is 31.4 Å². The van der Waals surface area contributed by atoms with Crippen molar-refractivity contribution in [3.63, 3.8) is 0 Å². The third-order valence-electron chi connectivity index (χ3n) is 4.29. The summed E-state index contributed by atoms with van der Waals surface area (Å²) in [6.45, 7) is 0. The Kier molecular flexibility index (Phi) is 3.54. The van der Waals surface area contributed by atoms with Crippen molar-refractivity contribution in [2.75, 3.05) is 14.2 Å². The molecule has 0 spiro atoms. The third-order valence-corrected chi connectivity index (χ3v) is 4.29. The van der Waals surface area contributed by atoms with Crippen LogP contribution in [0.1, 0.15) is 16.8 Å². The molecule has 0 saturated heterocycles. The molecule has 0 amide bonds. The van der Waals surface area contributed by atoms with Gasteiger partial charge < -0.3 is 9.47 Å². The number of benzene rings is 2. The highest BCUT2D eigenvalue weighted by molar-refractivity contribution is 6.05. The van der Waals surface area contributed by atoms with Gasteiger partial charge in [-0.15, -0.1) is 0 Å². The van der Waals surface area contributed by atoms with Crippen molar-refractivity contribution in [1.29, 1.82) is 0 Å². The van der Waals surface area contributed by atoms with E-state index < -0.39 is 0 Å². The van der Waals surface area contributed by atoms with Gasteiger partial charge in [-0.25, -0.2) is 0 Å². The molecule has 4 rings (SSSR count). The minimum atomic E-state index is 0.722. The van der Waals surface area contributed by atoms with Gasteiger partial charge in [-0.2, -0.15) is 0 Å². The number of nitrogens with zero attached hydrogens (tertiary/aromatic N) is 1. The van der Waals surface area contributed by atoms with Crippen molar-refractivity contribution in [1.82, 2.24) is 4.98 Å². The van der Waals surface area contributed by atoms with E-state index in [1.165, 1.54) is 16.7 Å². The van der Waals surface area contributed by atoms with Gasteiger partial charge in [0.2, 0.25) is 0 Å². The quantitative estimate of drug-likeness (QED) is 0.550. The number of methoxy groups -OCH3 is 2. The molecular formula is C21H17NO2. The first kappa shape index (κ1) is 14.5. The van der Waals surface area contributed by atoms with Crippen LogP contribution in [0.3, 0.4) is 0 Å². The zero-order valence-electron chi connectivity index (χ0n) is 13.6. The lowest BCUT2D eigenvalue weighted by molar-refractivity contribution is 0.355. The van der Waals surface area contributed by atoms with Crippen LogP contribution in [0.25, 0.3) is 22.8 Å². The van der Waals surface area contributed by atoms with Crippen molar-refractivity contribution < 1.29 is 9.47 Å². The first-order chi connectivity index (χ1) is 11.8. The standard InChI is InChI=1S/C21H17NO2/c1-23-19-10-9-14(13-20(19)24-2)12-18-16-7-4-3-6-15(16)17-8-5-11-22-21(17)18/h3-13H,1-2H3/b18-12+. The zero-order chi connectivity index (χ0) is 16.5. The van der Waals surface area contributed by atoms with Crippen LogP contribution in [0.2, 0.25) is 0 Å². The van der Waals surface area contributed by atoms with E-state index >= 15 is 0 Å². The highest BCUT2D eigenvalue weighted by atomic mass is 16.5. The Bertz CT molecular complexity index is 897. The van der Waals surface area contributed by atoms with Crippen LogP contribution >= 0.6 is 0 Å². The molecule has 0 fully saturated rings. The highest BCUT2D eigenvalue weighted by Gasteiger charge is 2.23. The summed E-state index contributed by atoms with van der Waals surface area (Å²) < 4.78 is 10.7. The summed E-state index contributed by atoms with van der Waals surface area (Å²) in [6, 6.07) is 18.4. The maximum Gasteiger partial charge on any atom is 0.161 e. The van der Waals surface area contributed by atoms with Crippen molar-refractivity contribution >= 4 is 11.6 Å². The molecule has 3 nitrogen and oxygen atoms in total. The van der Waals surface area contributed by atoms with Gasteiger partial charge in [0, 0.05) is 17.3 Å². The number of hydrogen-bond acceptors (Lipinski definition) is 3. The highest BCUT2D eigenvalue weighted by Crippen LogP contribution is 2.43. The van der Waals surface area contributed by atoms with E-state index in [-0.39, 0.29) is 0 Å². The molecule has 24 heavy (non-hydrogen) atoms. The Morgan fingerprint density at radius 1 is 0.792 bits per heavy atom. The zero-order valence-corrected chi connectivity index (χ0v) is 13.6. The number of fused-ring (bicyclic) bond motifs is 3. The lowest BCUT2D eigenvalue weighted by Gasteiger charge is -2.08. The third kappa shape index (κ3) is 2.26. The normalized spacial score (nSPS) is 13.5. The predicted octanol–water partition coefficient (Wildman–Crippen LogP) is 4.67. The second-order valence-electron chi connectivity index (χ2n) is 5.62. The minimum Gasteiger partial charge on any atom is -0.493 e. The predicted molar refractivity (Wildman–Crippen MR) is 96.2 cm³/mol. The summed E-state index contributed by atoms with van der Waals surface area (Å²) in [5.74, 6) is 1.45. The van der Waals surface area contributed by atoms with E-state index in [1.807, 2.05) is 30.5 Å². The van der Waals surface area contributed by atoms with Crippen LogP contribution in [0.5, 0.6) is 11.5 Å². The molecule has 3 aromatic rings. The van der Waals surface area contributed by atoms with Crippen LogP contribution in [0, 0.1) is 0 Å². The lowest BCUT2D eigenvalue weighted by atomic mass is 10.0. The monoisotopic (exact) mass is 315 g/mol. The van der Waals surface area contributed by atoms with Crippen LogP contribution in [0.4, 0.5) is 0 Å². The van der Waals surface area contributed by atoms with E-state index in [2.05, 4.69) is 41.4 Å². The van der Waals surface area contributed by atoms with E-state index in [0.717, 1.165) is 28.3 Å². The van der Waals surface area contributed by atoms with Gasteiger partial charge in [0.15, 0.2) is 11.5 Å². The fourth-order valence-electron chi connectivity index (χ4n) is 3.17. The molecule has 0 radical (unpaired) electrons. The summed E-state index contributed by atoms with van der Waals surface area (Å²) in [4.78, 5) is 4.60. The van der Waals surface area contributed by atoms with Gasteiger partial charge in [0.05, 0.1) is 19.9 Å². The maximum atomic E-state index is 5.41. The van der Waals surface area contributed by atoms with E-state index in [9.17, 15) is 0 Å². The minimum absolute atomic E-state index is 0.722. The average Bonchev–Trinajstić information content (AvgIpc) is 2.96. The molecule has 118 valence electrons. The first-order valence-electron chi connectivity index (χ1n) is 7.80. The van der Waals surface area contributed by atoms with Crippen molar-refractivity contribution in [2.45, 2.75) is 0 Å². The van der Waals surface area contributed by atoms with Crippen molar-refractivity contribution in [3.8, 4) is 22.6 Å². The largest absolute Gasteiger partial charge is 0.493 e. The van der Waals surface area contributed by atoms with Crippen molar-refractivity contribution in [3.05, 3.63) is 77.6 Å². The first-order valence-corrected chi connectivity index (χ1v) is 7.80. The second kappa shape index (κ2) is 5.85. The van der Waals surface area contributed by atoms with E-state index in [1.54, 1.807) is 14.2 Å². The molecule has 0 unspecified atom stereocenters. The fraction of sp³-hybridized carbons (Fsp3) is 0.0952. The number of ether oxygens (including phenoxy) is 2. The molecule has 0 N–H and O–H groups in total. The van der Waals surface area contributed by atoms with Gasteiger partial charge in [-0.3, -0.25) is 4.98 Å². The Labute approximate surface area is 141 Å². The van der Waals surface area contributed by atoms with Crippen LogP contribution in [-0.2, 0) is 0 Å². The van der Waals surface area contributed by atoms with E-state index in [0.29, 0.717) is 0 Å². The SMILES string of the molecule is COc1ccc(/C=C2\c3ccccc3-c3cccnc32)cc1OC. The molecule has 3 heteroatoms. The number of hydrogen-bond donors (Lipinski definition) is 0. The van der Waals surface area contributed by atoms with Crippen LogP contribution < -0.4 is 9.47 Å². The Hall–Kier alpha value is -3.07. The number of pyridine rings is 1. The average molecular weight is 315 g/mol. The van der Waals surface area contributed by atoms with Gasteiger partial charge in [0.25, 0.3) is 0 Å². The van der Waals surface area contributed by atoms with Crippen LogP contribution in [0.15, 0.2) is 60.8 Å². The molecule has 0 saturated carbocycles. The molecule has 0 aliphatic heterocycles. The van der Waals surface area contributed by atoms with Crippen molar-refractivity contribution in [2.24, 2.45) is 0 Å². The smallest absolute Gasteiger partial charge is 0.161 e. The molecular weight excluding hydrogens is 298 g/mol. The molecule has 1 aliphatic carbocycles. The second-order valence-corrected chi connectivity index (χ2v) is 5.62. The van der Waals surface area contributed by atoms with Gasteiger partial charge in [-0.05, 0) is 41.0 Å². The Morgan fingerprint density at radius 2 is 1.54 bits per heavy atom.